The van der Waals surface area contributed by atoms with E-state index < -0.39 is 17.5 Å². The molecule has 5 atom stereocenters. The summed E-state index contributed by atoms with van der Waals surface area (Å²) in [6.45, 7) is -0.500. The lowest BCUT2D eigenvalue weighted by Crippen LogP contribution is -2.51. The number of ketones is 1. The van der Waals surface area contributed by atoms with Gasteiger partial charge in [-0.1, -0.05) is 30.6 Å². The second-order valence-corrected chi connectivity index (χ2v) is 14.9. The number of fused-ring (bicyclic) bond motifs is 4. The predicted molar refractivity (Wildman–Crippen MR) is 152 cm³/mol. The van der Waals surface area contributed by atoms with Gasteiger partial charge in [0.05, 0.1) is 0 Å². The molecular weight excluding hydrogens is 501 g/mol. The molecule has 37 heavy (non-hydrogen) atoms. The molecule has 0 radical (unpaired) electrons. The number of anilines is 1. The first-order valence-corrected chi connectivity index (χ1v) is 15.9. The van der Waals surface area contributed by atoms with Crippen molar-refractivity contribution in [2.24, 2.45) is 17.3 Å². The minimum absolute atomic E-state index is 0.175. The third kappa shape index (κ3) is 4.48. The van der Waals surface area contributed by atoms with Gasteiger partial charge in [-0.05, 0) is 103 Å². The molecule has 0 spiro atoms. The van der Waals surface area contributed by atoms with E-state index in [9.17, 15) is 9.90 Å². The molecule has 5 rings (SSSR count). The van der Waals surface area contributed by atoms with Crippen molar-refractivity contribution in [3.63, 3.8) is 0 Å². The highest BCUT2D eigenvalue weighted by atomic mass is 32.5. The number of hydrogen-bond acceptors (Lipinski definition) is 6. The molecule has 0 bridgehead atoms. The summed E-state index contributed by atoms with van der Waals surface area (Å²) in [5.41, 5.74) is 8.11. The van der Waals surface area contributed by atoms with Crippen molar-refractivity contribution < 1.29 is 18.9 Å². The van der Waals surface area contributed by atoms with E-state index in [4.69, 9.17) is 20.9 Å². The van der Waals surface area contributed by atoms with Gasteiger partial charge < -0.3 is 19.1 Å². The Hall–Kier alpha value is -1.74. The number of carbonyl (C=O) groups excluding carboxylic acids is 1. The van der Waals surface area contributed by atoms with Crippen molar-refractivity contribution in [1.82, 2.24) is 0 Å². The second kappa shape index (κ2) is 9.78. The Labute approximate surface area is 226 Å². The zero-order valence-electron chi connectivity index (χ0n) is 22.5. The monoisotopic (exact) mass is 539 g/mol. The summed E-state index contributed by atoms with van der Waals surface area (Å²) < 4.78 is 10.8. The summed E-state index contributed by atoms with van der Waals surface area (Å²) >= 11 is 5.51. The van der Waals surface area contributed by atoms with Crippen molar-refractivity contribution in [2.75, 3.05) is 33.2 Å². The molecule has 0 aromatic heterocycles. The topological polar surface area (TPSA) is 59.0 Å². The first kappa shape index (κ1) is 26.9. The molecule has 0 heterocycles. The van der Waals surface area contributed by atoms with Crippen molar-refractivity contribution in [3.8, 4) is 11.6 Å². The molecular formula is C30H38NO4PS. The fourth-order valence-corrected chi connectivity index (χ4v) is 8.29. The number of aliphatic hydroxyl groups is 1. The zero-order valence-corrected chi connectivity index (χ0v) is 24.3. The SMILES string of the molecule is COP(=S)(C#C[C@]1(O)CC[C@H]2C3CCC4=CC(=O)CCC4=C3[C@@H](c3ccc(N(C)C)cc3)C[C@@]21C)OC. The zero-order chi connectivity index (χ0) is 26.6. The lowest BCUT2D eigenvalue weighted by molar-refractivity contribution is -0.114. The molecule has 1 aromatic rings. The summed E-state index contributed by atoms with van der Waals surface area (Å²) in [5, 5.41) is 12.1. The molecule has 7 heteroatoms. The van der Waals surface area contributed by atoms with Gasteiger partial charge in [0.2, 0.25) is 0 Å². The van der Waals surface area contributed by atoms with Crippen LogP contribution >= 0.6 is 6.49 Å². The third-order valence-corrected chi connectivity index (χ3v) is 12.1. The molecule has 1 N–H and O–H groups in total. The van der Waals surface area contributed by atoms with Gasteiger partial charge in [0.1, 0.15) is 5.60 Å². The van der Waals surface area contributed by atoms with Gasteiger partial charge in [-0.15, -0.1) is 0 Å². The first-order chi connectivity index (χ1) is 17.5. The van der Waals surface area contributed by atoms with Gasteiger partial charge in [0, 0.05) is 51.8 Å². The maximum atomic E-state index is 12.3. The Morgan fingerprint density at radius 1 is 1.11 bits per heavy atom. The van der Waals surface area contributed by atoms with E-state index in [1.165, 1.54) is 42.2 Å². The van der Waals surface area contributed by atoms with Crippen LogP contribution in [0.4, 0.5) is 5.69 Å². The van der Waals surface area contributed by atoms with Crippen molar-refractivity contribution in [2.45, 2.75) is 63.4 Å². The Morgan fingerprint density at radius 3 is 2.46 bits per heavy atom. The Morgan fingerprint density at radius 2 is 1.81 bits per heavy atom. The fraction of sp³-hybridized carbons (Fsp3) is 0.567. The smallest absolute Gasteiger partial charge is 0.263 e. The van der Waals surface area contributed by atoms with Gasteiger partial charge in [-0.25, -0.2) is 0 Å². The maximum absolute atomic E-state index is 12.3. The molecule has 4 aliphatic carbocycles. The number of rotatable bonds is 4. The molecule has 0 amide bonds. The normalized spacial score (nSPS) is 33.1. The van der Waals surface area contributed by atoms with E-state index in [0.29, 0.717) is 24.7 Å². The van der Waals surface area contributed by atoms with Crippen LogP contribution in [-0.2, 0) is 25.6 Å². The van der Waals surface area contributed by atoms with Crippen LogP contribution in [0.25, 0.3) is 0 Å². The van der Waals surface area contributed by atoms with E-state index in [-0.39, 0.29) is 11.7 Å². The maximum Gasteiger partial charge on any atom is 0.263 e. The molecule has 4 aliphatic rings. The van der Waals surface area contributed by atoms with E-state index in [0.717, 1.165) is 32.1 Å². The number of nitrogens with zero attached hydrogens (tertiary/aromatic N) is 1. The van der Waals surface area contributed by atoms with Gasteiger partial charge in [0.25, 0.3) is 6.49 Å². The van der Waals surface area contributed by atoms with Crippen LogP contribution in [-0.4, -0.2) is 44.8 Å². The molecule has 0 aliphatic heterocycles. The van der Waals surface area contributed by atoms with Crippen molar-refractivity contribution >= 4 is 29.8 Å². The van der Waals surface area contributed by atoms with Gasteiger partial charge >= 0.3 is 0 Å². The van der Waals surface area contributed by atoms with Gasteiger partial charge in [0.15, 0.2) is 5.78 Å². The lowest BCUT2D eigenvalue weighted by atomic mass is 9.51. The van der Waals surface area contributed by atoms with Crippen LogP contribution in [0.1, 0.15) is 63.4 Å². The van der Waals surface area contributed by atoms with Gasteiger partial charge in [-0.2, -0.15) is 0 Å². The summed E-state index contributed by atoms with van der Waals surface area (Å²) in [5.74, 6) is 4.35. The summed E-state index contributed by atoms with van der Waals surface area (Å²) in [7, 11) is 7.16. The van der Waals surface area contributed by atoms with Crippen LogP contribution in [0.5, 0.6) is 0 Å². The standard InChI is InChI=1S/C30H38NO4PS/c1-29-19-26(20-6-9-22(10-7-20)31(2)3)28-24-13-11-23(32)18-21(24)8-12-25(28)27(29)14-15-30(29,33)16-17-36(37,34-4)35-5/h6-7,9-10,18,25-27,33H,8,11-15,19H2,1-5H3/t25?,26-,27+,29+,30-/m1/s1. The van der Waals surface area contributed by atoms with E-state index in [1.807, 2.05) is 6.08 Å². The Bertz CT molecular complexity index is 1260. The van der Waals surface area contributed by atoms with E-state index >= 15 is 0 Å². The molecule has 198 valence electrons. The fourth-order valence-electron chi connectivity index (χ4n) is 7.50. The molecule has 2 fully saturated rings. The number of allylic oxidation sites excluding steroid dienone is 4. The minimum atomic E-state index is -2.74. The first-order valence-electron chi connectivity index (χ1n) is 13.3. The Balaban J connectivity index is 1.64. The van der Waals surface area contributed by atoms with Gasteiger partial charge in [-0.3, -0.25) is 4.79 Å². The highest BCUT2D eigenvalue weighted by Crippen LogP contribution is 2.66. The van der Waals surface area contributed by atoms with Crippen LogP contribution in [0.15, 0.2) is 47.1 Å². The molecule has 0 saturated heterocycles. The molecule has 1 unspecified atom stereocenters. The Kier molecular flexibility index (Phi) is 7.10. The molecule has 5 nitrogen and oxygen atoms in total. The quantitative estimate of drug-likeness (QED) is 0.377. The summed E-state index contributed by atoms with van der Waals surface area (Å²) in [6.07, 6.45) is 7.64. The third-order valence-electron chi connectivity index (χ3n) is 9.58. The highest BCUT2D eigenvalue weighted by molar-refractivity contribution is 8.12. The second-order valence-electron chi connectivity index (χ2n) is 11.5. The number of hydrogen-bond donors (Lipinski definition) is 1. The summed E-state index contributed by atoms with van der Waals surface area (Å²) in [6, 6.07) is 8.86. The lowest BCUT2D eigenvalue weighted by Gasteiger charge is -2.53. The van der Waals surface area contributed by atoms with Crippen molar-refractivity contribution in [3.05, 3.63) is 52.6 Å². The molecule has 2 saturated carbocycles. The predicted octanol–water partition coefficient (Wildman–Crippen LogP) is 5.95. The van der Waals surface area contributed by atoms with E-state index in [2.05, 4.69) is 61.8 Å². The van der Waals surface area contributed by atoms with Crippen molar-refractivity contribution in [1.29, 1.82) is 0 Å². The van der Waals surface area contributed by atoms with Crippen LogP contribution in [0.3, 0.4) is 0 Å². The number of carbonyl (C=O) groups is 1. The highest BCUT2D eigenvalue weighted by Gasteiger charge is 2.62. The van der Waals surface area contributed by atoms with E-state index in [1.54, 1.807) is 0 Å². The van der Waals surface area contributed by atoms with Crippen LogP contribution < -0.4 is 4.90 Å². The largest absolute Gasteiger partial charge is 0.378 e. The average Bonchev–Trinajstić information content (AvgIpc) is 3.17. The molecule has 1 aromatic carbocycles. The van der Waals surface area contributed by atoms with Crippen LogP contribution in [0.2, 0.25) is 0 Å². The summed E-state index contributed by atoms with van der Waals surface area (Å²) in [4.78, 5) is 14.4. The number of benzene rings is 1. The minimum Gasteiger partial charge on any atom is -0.378 e. The van der Waals surface area contributed by atoms with Crippen LogP contribution in [0, 0.1) is 28.8 Å². The average molecular weight is 540 g/mol.